The van der Waals surface area contributed by atoms with Crippen LogP contribution in [0.5, 0.6) is 0 Å². The molecule has 6 heteroatoms. The van der Waals surface area contributed by atoms with Crippen molar-refractivity contribution in [2.24, 2.45) is 0 Å². The maximum atomic E-state index is 10.6. The second-order valence-corrected chi connectivity index (χ2v) is 3.91. The summed E-state index contributed by atoms with van der Waals surface area (Å²) in [4.78, 5) is 10.6. The van der Waals surface area contributed by atoms with Crippen molar-refractivity contribution < 1.29 is 14.3 Å². The van der Waals surface area contributed by atoms with E-state index in [2.05, 4.69) is 10.4 Å². The maximum Gasteiger partial charge on any atom is 0.338 e. The van der Waals surface area contributed by atoms with Crippen molar-refractivity contribution >= 4 is 5.97 Å². The summed E-state index contributed by atoms with van der Waals surface area (Å²) in [5.41, 5.74) is 0.184. The molecule has 0 radical (unpaired) electrons. The zero-order chi connectivity index (χ0) is 12.8. The summed E-state index contributed by atoms with van der Waals surface area (Å²) in [5.74, 6) is -0.338. The van der Waals surface area contributed by atoms with Crippen LogP contribution in [0.3, 0.4) is 0 Å². The van der Waals surface area contributed by atoms with Gasteiger partial charge in [0.1, 0.15) is 12.0 Å². The first-order chi connectivity index (χ1) is 8.75. The fraction of sp³-hybridized carbons (Fsp3) is 0.333. The first kappa shape index (κ1) is 12.4. The molecular formula is C12H15N3O3. The zero-order valence-electron chi connectivity index (χ0n) is 9.87. The molecule has 0 bridgehead atoms. The molecule has 0 aliphatic rings. The summed E-state index contributed by atoms with van der Waals surface area (Å²) in [6, 6.07) is 3.42. The van der Waals surface area contributed by atoms with Crippen LogP contribution in [0.2, 0.25) is 0 Å². The number of aromatic carboxylic acids is 1. The minimum absolute atomic E-state index is 0.184. The summed E-state index contributed by atoms with van der Waals surface area (Å²) in [5, 5.41) is 16.0. The molecule has 0 spiro atoms. The van der Waals surface area contributed by atoms with Gasteiger partial charge in [0.2, 0.25) is 0 Å². The third kappa shape index (κ3) is 3.46. The highest BCUT2D eigenvalue weighted by Crippen LogP contribution is 2.07. The van der Waals surface area contributed by atoms with Gasteiger partial charge in [-0.1, -0.05) is 0 Å². The summed E-state index contributed by atoms with van der Waals surface area (Å²) in [6.07, 6.45) is 5.88. The monoisotopic (exact) mass is 249 g/mol. The van der Waals surface area contributed by atoms with E-state index in [4.69, 9.17) is 9.52 Å². The molecule has 2 aromatic heterocycles. The first-order valence-electron chi connectivity index (χ1n) is 5.74. The lowest BCUT2D eigenvalue weighted by atomic mass is 10.3. The summed E-state index contributed by atoms with van der Waals surface area (Å²) in [7, 11) is 0. The lowest BCUT2D eigenvalue weighted by Crippen LogP contribution is -2.16. The minimum atomic E-state index is -0.969. The molecule has 0 aromatic carbocycles. The Labute approximate surface area is 104 Å². The number of rotatable bonds is 7. The van der Waals surface area contributed by atoms with Gasteiger partial charge in [-0.15, -0.1) is 0 Å². The second-order valence-electron chi connectivity index (χ2n) is 3.91. The van der Waals surface area contributed by atoms with Gasteiger partial charge in [-0.05, 0) is 25.1 Å². The van der Waals surface area contributed by atoms with Crippen LogP contribution in [0.4, 0.5) is 0 Å². The number of carboxylic acid groups (broad SMARTS) is 1. The number of furan rings is 1. The predicted octanol–water partition coefficient (Wildman–Crippen LogP) is 1.35. The Balaban J connectivity index is 1.64. The number of aromatic nitrogens is 2. The van der Waals surface area contributed by atoms with Crippen LogP contribution in [0, 0.1) is 0 Å². The van der Waals surface area contributed by atoms with Gasteiger partial charge in [-0.2, -0.15) is 5.10 Å². The van der Waals surface area contributed by atoms with Crippen LogP contribution in [-0.2, 0) is 13.1 Å². The lowest BCUT2D eigenvalue weighted by molar-refractivity contribution is 0.0696. The molecule has 0 fully saturated rings. The number of carboxylic acids is 1. The Bertz CT molecular complexity index is 490. The molecule has 96 valence electrons. The van der Waals surface area contributed by atoms with Crippen LogP contribution in [0.1, 0.15) is 22.5 Å². The van der Waals surface area contributed by atoms with Gasteiger partial charge in [0.15, 0.2) is 0 Å². The van der Waals surface area contributed by atoms with Crippen LogP contribution in [0.25, 0.3) is 0 Å². The third-order valence-corrected chi connectivity index (χ3v) is 2.50. The average molecular weight is 249 g/mol. The van der Waals surface area contributed by atoms with Gasteiger partial charge < -0.3 is 14.8 Å². The van der Waals surface area contributed by atoms with E-state index in [1.54, 1.807) is 6.20 Å². The van der Waals surface area contributed by atoms with E-state index in [0.29, 0.717) is 12.3 Å². The van der Waals surface area contributed by atoms with Crippen LogP contribution < -0.4 is 5.32 Å². The standard InChI is InChI=1S/C12H15N3O3/c16-12(17)10-7-11(18-9-10)8-13-3-1-5-15-6-2-4-14-15/h2,4,6-7,9,13H,1,3,5,8H2,(H,16,17). The third-order valence-electron chi connectivity index (χ3n) is 2.50. The molecule has 0 saturated carbocycles. The second kappa shape index (κ2) is 6.02. The van der Waals surface area contributed by atoms with Gasteiger partial charge in [0.05, 0.1) is 12.1 Å². The van der Waals surface area contributed by atoms with Gasteiger partial charge in [0.25, 0.3) is 0 Å². The van der Waals surface area contributed by atoms with Crippen molar-refractivity contribution in [1.29, 1.82) is 0 Å². The molecule has 0 amide bonds. The van der Waals surface area contributed by atoms with E-state index in [1.807, 2.05) is 16.9 Å². The van der Waals surface area contributed by atoms with Crippen LogP contribution in [-0.4, -0.2) is 27.4 Å². The molecule has 2 heterocycles. The van der Waals surface area contributed by atoms with E-state index in [-0.39, 0.29) is 5.56 Å². The number of hydrogen-bond acceptors (Lipinski definition) is 4. The lowest BCUT2D eigenvalue weighted by Gasteiger charge is -2.03. The number of carbonyl (C=O) groups is 1. The summed E-state index contributed by atoms with van der Waals surface area (Å²) in [6.45, 7) is 2.22. The van der Waals surface area contributed by atoms with Gasteiger partial charge in [-0.25, -0.2) is 4.79 Å². The Morgan fingerprint density at radius 3 is 3.11 bits per heavy atom. The zero-order valence-corrected chi connectivity index (χ0v) is 9.87. The molecule has 0 aliphatic carbocycles. The van der Waals surface area contributed by atoms with Gasteiger partial charge >= 0.3 is 5.97 Å². The van der Waals surface area contributed by atoms with Crippen molar-refractivity contribution in [1.82, 2.24) is 15.1 Å². The van der Waals surface area contributed by atoms with Crippen molar-refractivity contribution in [2.75, 3.05) is 6.54 Å². The van der Waals surface area contributed by atoms with Crippen molar-refractivity contribution in [3.05, 3.63) is 42.1 Å². The fourth-order valence-electron chi connectivity index (χ4n) is 1.60. The van der Waals surface area contributed by atoms with Crippen molar-refractivity contribution in [3.63, 3.8) is 0 Å². The predicted molar refractivity (Wildman–Crippen MR) is 64.2 cm³/mol. The molecule has 0 unspecified atom stereocenters. The Morgan fingerprint density at radius 1 is 1.56 bits per heavy atom. The summed E-state index contributed by atoms with van der Waals surface area (Å²) < 4.78 is 6.99. The molecule has 2 N–H and O–H groups in total. The Hall–Kier alpha value is -2.08. The molecule has 0 aliphatic heterocycles. The van der Waals surface area contributed by atoms with Crippen LogP contribution >= 0.6 is 0 Å². The molecule has 18 heavy (non-hydrogen) atoms. The van der Waals surface area contributed by atoms with E-state index < -0.39 is 5.97 Å². The number of nitrogens with zero attached hydrogens (tertiary/aromatic N) is 2. The summed E-state index contributed by atoms with van der Waals surface area (Å²) >= 11 is 0. The molecule has 0 atom stereocenters. The normalized spacial score (nSPS) is 10.7. The number of nitrogens with one attached hydrogen (secondary N) is 1. The quantitative estimate of drug-likeness (QED) is 0.724. The highest BCUT2D eigenvalue weighted by molar-refractivity contribution is 5.87. The van der Waals surface area contributed by atoms with Gasteiger partial charge in [0, 0.05) is 18.9 Å². The molecule has 2 aromatic rings. The Kier molecular flexibility index (Phi) is 4.14. The van der Waals surface area contributed by atoms with Crippen molar-refractivity contribution in [3.8, 4) is 0 Å². The SMILES string of the molecule is O=C(O)c1coc(CNCCCn2cccn2)c1. The number of hydrogen-bond donors (Lipinski definition) is 2. The topological polar surface area (TPSA) is 80.3 Å². The van der Waals surface area contributed by atoms with Crippen LogP contribution in [0.15, 0.2) is 35.2 Å². The first-order valence-corrected chi connectivity index (χ1v) is 5.74. The largest absolute Gasteiger partial charge is 0.478 e. The highest BCUT2D eigenvalue weighted by atomic mass is 16.4. The molecule has 6 nitrogen and oxygen atoms in total. The smallest absolute Gasteiger partial charge is 0.338 e. The van der Waals surface area contributed by atoms with E-state index in [1.165, 1.54) is 12.3 Å². The molecule has 2 rings (SSSR count). The average Bonchev–Trinajstić information content (AvgIpc) is 2.98. The maximum absolute atomic E-state index is 10.6. The highest BCUT2D eigenvalue weighted by Gasteiger charge is 2.07. The van der Waals surface area contributed by atoms with Crippen molar-refractivity contribution in [2.45, 2.75) is 19.5 Å². The van der Waals surface area contributed by atoms with E-state index >= 15 is 0 Å². The van der Waals surface area contributed by atoms with E-state index in [0.717, 1.165) is 19.5 Å². The number of aryl methyl sites for hydroxylation is 1. The van der Waals surface area contributed by atoms with E-state index in [9.17, 15) is 4.79 Å². The Morgan fingerprint density at radius 2 is 2.44 bits per heavy atom. The fourth-order valence-corrected chi connectivity index (χ4v) is 1.60. The van der Waals surface area contributed by atoms with Gasteiger partial charge in [-0.3, -0.25) is 4.68 Å². The molecular weight excluding hydrogens is 234 g/mol. The molecule has 0 saturated heterocycles. The minimum Gasteiger partial charge on any atom is -0.478 e.